The van der Waals surface area contributed by atoms with Gasteiger partial charge in [0, 0.05) is 13.0 Å². The fraction of sp³-hybridized carbons (Fsp3) is 0.800. The minimum absolute atomic E-state index is 0.0762. The number of carbonyl (C=O) groups excluding carboxylic acids is 2. The fourth-order valence-corrected chi connectivity index (χ4v) is 3.49. The molecule has 0 aromatic carbocycles. The zero-order valence-electron chi connectivity index (χ0n) is 9.46. The van der Waals surface area contributed by atoms with Gasteiger partial charge in [0.25, 0.3) is 0 Å². The smallest absolute Gasteiger partial charge is 0.241 e. The van der Waals surface area contributed by atoms with Crippen molar-refractivity contribution in [1.29, 1.82) is 0 Å². The predicted molar refractivity (Wildman–Crippen MR) is 60.7 cm³/mol. The van der Waals surface area contributed by atoms with Crippen LogP contribution in [0.15, 0.2) is 0 Å². The Bertz CT molecular complexity index is 441. The summed E-state index contributed by atoms with van der Waals surface area (Å²) in [5.74, 6) is -0.885. The summed E-state index contributed by atoms with van der Waals surface area (Å²) in [6, 6.07) is -0.986. The SMILES string of the molecule is NC(=O)[C@@H]1CS(=O)(=O)CCN1C(=O)CC1CC1. The van der Waals surface area contributed by atoms with Gasteiger partial charge in [-0.05, 0) is 18.8 Å². The second-order valence-electron chi connectivity index (χ2n) is 4.77. The number of rotatable bonds is 3. The molecule has 0 unspecified atom stereocenters. The van der Waals surface area contributed by atoms with Crippen LogP contribution in [0.3, 0.4) is 0 Å². The van der Waals surface area contributed by atoms with Crippen molar-refractivity contribution in [3.8, 4) is 0 Å². The lowest BCUT2D eigenvalue weighted by atomic mass is 10.2. The van der Waals surface area contributed by atoms with Crippen LogP contribution in [0.2, 0.25) is 0 Å². The van der Waals surface area contributed by atoms with Gasteiger partial charge in [-0.25, -0.2) is 8.42 Å². The lowest BCUT2D eigenvalue weighted by molar-refractivity contribution is -0.138. The number of nitrogens with zero attached hydrogens (tertiary/aromatic N) is 1. The van der Waals surface area contributed by atoms with Crippen molar-refractivity contribution in [2.75, 3.05) is 18.1 Å². The Morgan fingerprint density at radius 1 is 1.29 bits per heavy atom. The molecule has 0 radical (unpaired) electrons. The molecule has 0 spiro atoms. The number of carbonyl (C=O) groups is 2. The maximum atomic E-state index is 11.9. The second-order valence-corrected chi connectivity index (χ2v) is 7.00. The zero-order chi connectivity index (χ0) is 12.6. The lowest BCUT2D eigenvalue weighted by Gasteiger charge is -2.33. The molecule has 1 saturated carbocycles. The van der Waals surface area contributed by atoms with E-state index in [0.717, 1.165) is 12.8 Å². The molecule has 6 nitrogen and oxygen atoms in total. The lowest BCUT2D eigenvalue weighted by Crippen LogP contribution is -2.56. The van der Waals surface area contributed by atoms with Gasteiger partial charge in [0.15, 0.2) is 9.84 Å². The largest absolute Gasteiger partial charge is 0.368 e. The molecule has 96 valence electrons. The van der Waals surface area contributed by atoms with E-state index in [-0.39, 0.29) is 24.0 Å². The minimum Gasteiger partial charge on any atom is -0.368 e. The molecular weight excluding hydrogens is 244 g/mol. The standard InChI is InChI=1S/C10H16N2O4S/c11-10(14)8-6-17(15,16)4-3-12(8)9(13)5-7-1-2-7/h7-8H,1-6H2,(H2,11,14)/t8-/m0/s1. The molecule has 0 aromatic rings. The van der Waals surface area contributed by atoms with E-state index in [2.05, 4.69) is 0 Å². The Morgan fingerprint density at radius 2 is 1.94 bits per heavy atom. The Morgan fingerprint density at radius 3 is 2.47 bits per heavy atom. The summed E-state index contributed by atoms with van der Waals surface area (Å²) in [6.45, 7) is 0.0848. The molecule has 2 amide bonds. The van der Waals surface area contributed by atoms with Crippen molar-refractivity contribution in [3.05, 3.63) is 0 Å². The highest BCUT2D eigenvalue weighted by Crippen LogP contribution is 2.33. The molecule has 1 atom stereocenters. The van der Waals surface area contributed by atoms with Crippen molar-refractivity contribution in [3.63, 3.8) is 0 Å². The quantitative estimate of drug-likeness (QED) is 0.696. The normalized spacial score (nSPS) is 27.8. The van der Waals surface area contributed by atoms with E-state index < -0.39 is 21.8 Å². The average molecular weight is 260 g/mol. The van der Waals surface area contributed by atoms with E-state index in [1.165, 1.54) is 4.90 Å². The number of amides is 2. The molecule has 1 aliphatic heterocycles. The third-order valence-electron chi connectivity index (χ3n) is 3.24. The zero-order valence-corrected chi connectivity index (χ0v) is 10.3. The number of hydrogen-bond donors (Lipinski definition) is 1. The summed E-state index contributed by atoms with van der Waals surface area (Å²) >= 11 is 0. The third-order valence-corrected chi connectivity index (χ3v) is 4.87. The van der Waals surface area contributed by atoms with Crippen LogP contribution in [-0.4, -0.2) is 49.2 Å². The average Bonchev–Trinajstić information content (AvgIpc) is 2.99. The fourth-order valence-electron chi connectivity index (χ4n) is 2.03. The summed E-state index contributed by atoms with van der Waals surface area (Å²) in [7, 11) is -3.25. The predicted octanol–water partition coefficient (Wildman–Crippen LogP) is -1.10. The molecule has 7 heteroatoms. The van der Waals surface area contributed by atoms with Gasteiger partial charge in [-0.2, -0.15) is 0 Å². The first-order chi connectivity index (χ1) is 7.89. The first-order valence-electron chi connectivity index (χ1n) is 5.68. The van der Waals surface area contributed by atoms with Gasteiger partial charge in [-0.1, -0.05) is 0 Å². The monoisotopic (exact) mass is 260 g/mol. The molecule has 1 heterocycles. The van der Waals surface area contributed by atoms with Gasteiger partial charge in [0.05, 0.1) is 11.5 Å². The molecule has 2 fully saturated rings. The van der Waals surface area contributed by atoms with E-state index in [1.807, 2.05) is 0 Å². The Kier molecular flexibility index (Phi) is 3.11. The van der Waals surface area contributed by atoms with Gasteiger partial charge < -0.3 is 10.6 Å². The summed E-state index contributed by atoms with van der Waals surface area (Å²) in [6.07, 6.45) is 2.49. The van der Waals surface area contributed by atoms with E-state index in [9.17, 15) is 18.0 Å². The highest BCUT2D eigenvalue weighted by atomic mass is 32.2. The summed E-state index contributed by atoms with van der Waals surface area (Å²) in [4.78, 5) is 24.5. The Hall–Kier alpha value is -1.11. The van der Waals surface area contributed by atoms with Gasteiger partial charge >= 0.3 is 0 Å². The van der Waals surface area contributed by atoms with E-state index in [0.29, 0.717) is 12.3 Å². The molecule has 2 N–H and O–H groups in total. The number of nitrogens with two attached hydrogens (primary N) is 1. The van der Waals surface area contributed by atoms with Gasteiger partial charge in [-0.15, -0.1) is 0 Å². The van der Waals surface area contributed by atoms with Crippen LogP contribution in [0.5, 0.6) is 0 Å². The first-order valence-corrected chi connectivity index (χ1v) is 7.50. The molecule has 2 rings (SSSR count). The van der Waals surface area contributed by atoms with Crippen LogP contribution in [0, 0.1) is 5.92 Å². The highest BCUT2D eigenvalue weighted by Gasteiger charge is 2.38. The maximum absolute atomic E-state index is 11.9. The molecule has 17 heavy (non-hydrogen) atoms. The van der Waals surface area contributed by atoms with Gasteiger partial charge in [-0.3, -0.25) is 9.59 Å². The van der Waals surface area contributed by atoms with E-state index >= 15 is 0 Å². The van der Waals surface area contributed by atoms with Crippen molar-refractivity contribution in [2.45, 2.75) is 25.3 Å². The van der Waals surface area contributed by atoms with Crippen molar-refractivity contribution >= 4 is 21.7 Å². The number of sulfone groups is 1. The van der Waals surface area contributed by atoms with Crippen LogP contribution in [0.1, 0.15) is 19.3 Å². The molecule has 0 aromatic heterocycles. The molecule has 0 bridgehead atoms. The summed E-state index contributed by atoms with van der Waals surface area (Å²) in [5, 5.41) is 0. The van der Waals surface area contributed by atoms with Crippen LogP contribution < -0.4 is 5.73 Å². The first kappa shape index (κ1) is 12.3. The van der Waals surface area contributed by atoms with Crippen molar-refractivity contribution < 1.29 is 18.0 Å². The van der Waals surface area contributed by atoms with Gasteiger partial charge in [0.2, 0.25) is 11.8 Å². The molecule has 2 aliphatic rings. The molecule has 1 aliphatic carbocycles. The molecular formula is C10H16N2O4S. The Labute approximate surface area is 100 Å². The van der Waals surface area contributed by atoms with Crippen LogP contribution in [0.4, 0.5) is 0 Å². The second kappa shape index (κ2) is 4.29. The maximum Gasteiger partial charge on any atom is 0.241 e. The van der Waals surface area contributed by atoms with E-state index in [1.54, 1.807) is 0 Å². The minimum atomic E-state index is -3.25. The summed E-state index contributed by atoms with van der Waals surface area (Å²) < 4.78 is 22.8. The van der Waals surface area contributed by atoms with Gasteiger partial charge in [0.1, 0.15) is 6.04 Å². The Balaban J connectivity index is 2.08. The van der Waals surface area contributed by atoms with Crippen LogP contribution >= 0.6 is 0 Å². The topological polar surface area (TPSA) is 97.5 Å². The number of hydrogen-bond acceptors (Lipinski definition) is 4. The highest BCUT2D eigenvalue weighted by molar-refractivity contribution is 7.91. The van der Waals surface area contributed by atoms with Crippen molar-refractivity contribution in [1.82, 2.24) is 4.90 Å². The van der Waals surface area contributed by atoms with Crippen LogP contribution in [-0.2, 0) is 19.4 Å². The van der Waals surface area contributed by atoms with Crippen LogP contribution in [0.25, 0.3) is 0 Å². The summed E-state index contributed by atoms with van der Waals surface area (Å²) in [5.41, 5.74) is 5.17. The molecule has 1 saturated heterocycles. The van der Waals surface area contributed by atoms with Crippen molar-refractivity contribution in [2.24, 2.45) is 11.7 Å². The number of primary amides is 1. The third kappa shape index (κ3) is 2.96. The van der Waals surface area contributed by atoms with E-state index in [4.69, 9.17) is 5.73 Å².